The minimum absolute atomic E-state index is 0.281. The van der Waals surface area contributed by atoms with E-state index in [0.717, 1.165) is 36.2 Å². The van der Waals surface area contributed by atoms with Crippen LogP contribution in [0.5, 0.6) is 11.6 Å². The van der Waals surface area contributed by atoms with Crippen LogP contribution in [0.3, 0.4) is 0 Å². The Morgan fingerprint density at radius 3 is 2.51 bits per heavy atom. The minimum atomic E-state index is -0.600. The summed E-state index contributed by atoms with van der Waals surface area (Å²) in [4.78, 5) is 2.29. The van der Waals surface area contributed by atoms with Crippen LogP contribution < -0.4 is 4.74 Å². The Hall–Kier alpha value is -2.74. The van der Waals surface area contributed by atoms with Crippen LogP contribution >= 0.6 is 0 Å². The predicted octanol–water partition coefficient (Wildman–Crippen LogP) is 5.51. The van der Waals surface area contributed by atoms with E-state index in [-0.39, 0.29) is 18.0 Å². The molecule has 1 N–H and O–H groups in total. The van der Waals surface area contributed by atoms with Crippen LogP contribution in [0.15, 0.2) is 54.6 Å². The Kier molecular flexibility index (Phi) is 7.89. The maximum atomic E-state index is 13.9. The minimum Gasteiger partial charge on any atom is -0.438 e. The lowest BCUT2D eigenvalue weighted by atomic mass is 10.1. The SMILES string of the molecule is CCc1nn(-c2ccccc2)c(Oc2cccc(F)c2)c1CN(C[C@@H](O)COC(C)(C)C)C1CC1. The van der Waals surface area contributed by atoms with E-state index in [4.69, 9.17) is 14.6 Å². The van der Waals surface area contributed by atoms with Crippen molar-refractivity contribution >= 4 is 0 Å². The summed E-state index contributed by atoms with van der Waals surface area (Å²) >= 11 is 0. The monoisotopic (exact) mass is 481 g/mol. The van der Waals surface area contributed by atoms with Gasteiger partial charge in [0.2, 0.25) is 5.88 Å². The number of nitrogens with zero attached hydrogens (tertiary/aromatic N) is 3. The van der Waals surface area contributed by atoms with Gasteiger partial charge in [0.25, 0.3) is 0 Å². The highest BCUT2D eigenvalue weighted by molar-refractivity contribution is 5.44. The summed E-state index contributed by atoms with van der Waals surface area (Å²) in [5.41, 5.74) is 2.45. The number of rotatable bonds is 11. The van der Waals surface area contributed by atoms with Crippen molar-refractivity contribution in [3.63, 3.8) is 0 Å². The molecule has 2 aromatic carbocycles. The van der Waals surface area contributed by atoms with Crippen LogP contribution in [0.25, 0.3) is 5.69 Å². The third-order valence-electron chi connectivity index (χ3n) is 5.94. The van der Waals surface area contributed by atoms with Gasteiger partial charge in [0.15, 0.2) is 0 Å². The van der Waals surface area contributed by atoms with Crippen LogP contribution in [0.1, 0.15) is 51.8 Å². The van der Waals surface area contributed by atoms with Crippen molar-refractivity contribution in [1.29, 1.82) is 0 Å². The molecule has 0 spiro atoms. The Morgan fingerprint density at radius 1 is 1.14 bits per heavy atom. The smallest absolute Gasteiger partial charge is 0.227 e. The summed E-state index contributed by atoms with van der Waals surface area (Å²) in [7, 11) is 0. The number of hydrogen-bond donors (Lipinski definition) is 1. The van der Waals surface area contributed by atoms with E-state index in [9.17, 15) is 9.50 Å². The maximum Gasteiger partial charge on any atom is 0.227 e. The number of hydrogen-bond acceptors (Lipinski definition) is 5. The van der Waals surface area contributed by atoms with E-state index in [1.165, 1.54) is 12.1 Å². The molecule has 0 amide bonds. The molecule has 7 heteroatoms. The average molecular weight is 482 g/mol. The lowest BCUT2D eigenvalue weighted by molar-refractivity contribution is -0.0573. The zero-order valence-corrected chi connectivity index (χ0v) is 21.1. The maximum absolute atomic E-state index is 13.9. The molecule has 6 nitrogen and oxygen atoms in total. The van der Waals surface area contributed by atoms with E-state index < -0.39 is 6.10 Å². The van der Waals surface area contributed by atoms with Crippen LogP contribution in [0.2, 0.25) is 0 Å². The third-order valence-corrected chi connectivity index (χ3v) is 5.94. The van der Waals surface area contributed by atoms with Gasteiger partial charge in [-0.1, -0.05) is 31.2 Å². The van der Waals surface area contributed by atoms with Gasteiger partial charge >= 0.3 is 0 Å². The third kappa shape index (κ3) is 6.90. The molecule has 1 aromatic heterocycles. The van der Waals surface area contributed by atoms with Gasteiger partial charge in [-0.05, 0) is 64.3 Å². The van der Waals surface area contributed by atoms with Crippen molar-refractivity contribution in [2.45, 2.75) is 71.2 Å². The molecule has 188 valence electrons. The lowest BCUT2D eigenvalue weighted by Crippen LogP contribution is -2.38. The molecule has 1 aliphatic rings. The second kappa shape index (κ2) is 10.9. The Bertz CT molecular complexity index is 1110. The molecule has 1 saturated carbocycles. The van der Waals surface area contributed by atoms with E-state index in [1.807, 2.05) is 51.1 Å². The second-order valence-electron chi connectivity index (χ2n) is 10.1. The number of halogens is 1. The Balaban J connectivity index is 1.66. The van der Waals surface area contributed by atoms with Gasteiger partial charge in [0, 0.05) is 25.2 Å². The van der Waals surface area contributed by atoms with Crippen LogP contribution in [0.4, 0.5) is 4.39 Å². The molecule has 1 heterocycles. The summed E-state index contributed by atoms with van der Waals surface area (Å²) in [6, 6.07) is 16.4. The molecule has 0 aliphatic heterocycles. The van der Waals surface area contributed by atoms with Gasteiger partial charge in [-0.25, -0.2) is 9.07 Å². The van der Waals surface area contributed by atoms with Crippen molar-refractivity contribution in [3.05, 3.63) is 71.7 Å². The lowest BCUT2D eigenvalue weighted by Gasteiger charge is -2.27. The van der Waals surface area contributed by atoms with Crippen molar-refractivity contribution < 1.29 is 19.0 Å². The summed E-state index contributed by atoms with van der Waals surface area (Å²) in [5.74, 6) is 0.638. The average Bonchev–Trinajstić information content (AvgIpc) is 3.61. The molecule has 1 fully saturated rings. The Morgan fingerprint density at radius 2 is 1.89 bits per heavy atom. The van der Waals surface area contributed by atoms with Crippen molar-refractivity contribution in [2.24, 2.45) is 0 Å². The van der Waals surface area contributed by atoms with Gasteiger partial charge in [-0.3, -0.25) is 4.90 Å². The standard InChI is InChI=1S/C28H36FN3O3/c1-5-26-25(18-31(21-14-15-21)17-23(33)19-34-28(2,3)4)27(35-24-13-9-10-20(29)16-24)32(30-26)22-11-7-6-8-12-22/h6-13,16,21,23,33H,5,14-15,17-19H2,1-4H3/t23-/m1/s1. The topological polar surface area (TPSA) is 59.8 Å². The van der Waals surface area contributed by atoms with Gasteiger partial charge < -0.3 is 14.6 Å². The fraction of sp³-hybridized carbons (Fsp3) is 0.464. The first-order valence-corrected chi connectivity index (χ1v) is 12.4. The highest BCUT2D eigenvalue weighted by Crippen LogP contribution is 2.35. The quantitative estimate of drug-likeness (QED) is 0.392. The first kappa shape index (κ1) is 25.4. The van der Waals surface area contributed by atoms with Crippen LogP contribution in [-0.2, 0) is 17.7 Å². The number of para-hydroxylation sites is 1. The summed E-state index contributed by atoms with van der Waals surface area (Å²) < 4.78 is 27.8. The number of aliphatic hydroxyl groups is 1. The number of ether oxygens (including phenoxy) is 2. The van der Waals surface area contributed by atoms with Gasteiger partial charge in [-0.15, -0.1) is 0 Å². The second-order valence-corrected chi connectivity index (χ2v) is 10.1. The number of benzene rings is 2. The summed E-state index contributed by atoms with van der Waals surface area (Å²) in [6.45, 7) is 9.39. The van der Waals surface area contributed by atoms with Crippen molar-refractivity contribution in [2.75, 3.05) is 13.2 Å². The number of aryl methyl sites for hydroxylation is 1. The van der Waals surface area contributed by atoms with E-state index in [1.54, 1.807) is 16.8 Å². The first-order valence-electron chi connectivity index (χ1n) is 12.4. The first-order chi connectivity index (χ1) is 16.7. The van der Waals surface area contributed by atoms with Crippen molar-refractivity contribution in [3.8, 4) is 17.3 Å². The highest BCUT2D eigenvalue weighted by Gasteiger charge is 2.33. The van der Waals surface area contributed by atoms with Gasteiger partial charge in [-0.2, -0.15) is 5.10 Å². The largest absolute Gasteiger partial charge is 0.438 e. The van der Waals surface area contributed by atoms with E-state index >= 15 is 0 Å². The molecule has 0 unspecified atom stereocenters. The molecule has 3 aromatic rings. The molecule has 35 heavy (non-hydrogen) atoms. The highest BCUT2D eigenvalue weighted by atomic mass is 19.1. The normalized spacial score (nSPS) is 14.9. The molecule has 0 saturated heterocycles. The van der Waals surface area contributed by atoms with Gasteiger partial charge in [0.1, 0.15) is 11.6 Å². The Labute approximate surface area is 207 Å². The molecule has 0 radical (unpaired) electrons. The van der Waals surface area contributed by atoms with Crippen molar-refractivity contribution in [1.82, 2.24) is 14.7 Å². The molecule has 1 aliphatic carbocycles. The van der Waals surface area contributed by atoms with Crippen LogP contribution in [0, 0.1) is 5.82 Å². The number of aliphatic hydroxyl groups excluding tert-OH is 1. The summed E-state index contributed by atoms with van der Waals surface area (Å²) in [5, 5.41) is 15.6. The van der Waals surface area contributed by atoms with Crippen LogP contribution in [-0.4, -0.2) is 50.7 Å². The fourth-order valence-electron chi connectivity index (χ4n) is 4.07. The molecule has 4 rings (SSSR count). The number of aromatic nitrogens is 2. The summed E-state index contributed by atoms with van der Waals surface area (Å²) in [6.07, 6.45) is 2.32. The zero-order chi connectivity index (χ0) is 25.0. The molecule has 1 atom stereocenters. The van der Waals surface area contributed by atoms with E-state index in [0.29, 0.717) is 30.8 Å². The molecular formula is C28H36FN3O3. The van der Waals surface area contributed by atoms with Gasteiger partial charge in [0.05, 0.1) is 35.3 Å². The fourth-order valence-corrected chi connectivity index (χ4v) is 4.07. The molecule has 0 bridgehead atoms. The predicted molar refractivity (Wildman–Crippen MR) is 135 cm³/mol. The zero-order valence-electron chi connectivity index (χ0n) is 21.1. The molecular weight excluding hydrogens is 445 g/mol. The van der Waals surface area contributed by atoms with E-state index in [2.05, 4.69) is 11.8 Å².